The molecule has 0 aliphatic carbocycles. The van der Waals surface area contributed by atoms with Crippen molar-refractivity contribution >= 4 is 22.8 Å². The average Bonchev–Trinajstić information content (AvgIpc) is 3.04. The minimum Gasteiger partial charge on any atom is -0.480 e. The van der Waals surface area contributed by atoms with Gasteiger partial charge in [-0.2, -0.15) is 0 Å². The first kappa shape index (κ1) is 14.5. The molecule has 0 radical (unpaired) electrons. The highest BCUT2D eigenvalue weighted by molar-refractivity contribution is 6.02. The molecule has 1 aliphatic heterocycles. The zero-order valence-electron chi connectivity index (χ0n) is 13.1. The van der Waals surface area contributed by atoms with Crippen LogP contribution in [0.1, 0.15) is 27.5 Å². The summed E-state index contributed by atoms with van der Waals surface area (Å²) < 4.78 is 2.01. The summed E-state index contributed by atoms with van der Waals surface area (Å²) in [5, 5.41) is 10.3. The monoisotopic (exact) mass is 320 g/mol. The van der Waals surface area contributed by atoms with Gasteiger partial charge in [-0.25, -0.2) is 0 Å². The summed E-state index contributed by atoms with van der Waals surface area (Å²) in [6, 6.07) is 14.9. The minimum atomic E-state index is -1.01. The molecule has 0 saturated heterocycles. The van der Waals surface area contributed by atoms with Crippen LogP contribution in [-0.2, 0) is 11.8 Å². The van der Waals surface area contributed by atoms with E-state index < -0.39 is 5.97 Å². The standard InChI is InChI=1S/C19H16N2O3/c1-20-10-15(12-6-4-5-9-16(12)20)18-13-7-2-3-8-14(13)19(24)21(18)11-17(22)23/h2-10,18H,11H2,1H3,(H,22,23)/t18-/m0/s1. The van der Waals surface area contributed by atoms with Crippen LogP contribution in [0.25, 0.3) is 10.9 Å². The number of amides is 1. The van der Waals surface area contributed by atoms with Crippen molar-refractivity contribution in [3.63, 3.8) is 0 Å². The van der Waals surface area contributed by atoms with Gasteiger partial charge in [0.05, 0.1) is 6.04 Å². The Hall–Kier alpha value is -3.08. The molecule has 0 bridgehead atoms. The molecule has 120 valence electrons. The molecule has 1 atom stereocenters. The topological polar surface area (TPSA) is 62.5 Å². The summed E-state index contributed by atoms with van der Waals surface area (Å²) in [5.74, 6) is -1.24. The molecule has 0 saturated carbocycles. The zero-order valence-corrected chi connectivity index (χ0v) is 13.1. The van der Waals surface area contributed by atoms with Gasteiger partial charge < -0.3 is 14.6 Å². The van der Waals surface area contributed by atoms with Crippen molar-refractivity contribution in [2.45, 2.75) is 6.04 Å². The Balaban J connectivity index is 1.96. The van der Waals surface area contributed by atoms with Crippen molar-refractivity contribution in [3.05, 3.63) is 71.4 Å². The van der Waals surface area contributed by atoms with Crippen molar-refractivity contribution in [3.8, 4) is 0 Å². The molecule has 1 aliphatic rings. The summed E-state index contributed by atoms with van der Waals surface area (Å²) in [6.45, 7) is -0.318. The number of carboxylic acids is 1. The Morgan fingerprint density at radius 3 is 2.58 bits per heavy atom. The van der Waals surface area contributed by atoms with E-state index in [-0.39, 0.29) is 18.5 Å². The Morgan fingerprint density at radius 2 is 1.79 bits per heavy atom. The maximum absolute atomic E-state index is 12.7. The molecule has 5 heteroatoms. The first-order valence-electron chi connectivity index (χ1n) is 7.73. The van der Waals surface area contributed by atoms with Crippen molar-refractivity contribution in [1.82, 2.24) is 9.47 Å². The van der Waals surface area contributed by atoms with Gasteiger partial charge in [0.15, 0.2) is 0 Å². The molecule has 2 aromatic carbocycles. The normalized spacial score (nSPS) is 16.6. The summed E-state index contributed by atoms with van der Waals surface area (Å²) in [6.07, 6.45) is 1.99. The highest BCUT2D eigenvalue weighted by atomic mass is 16.4. The summed E-state index contributed by atoms with van der Waals surface area (Å²) in [4.78, 5) is 25.5. The highest BCUT2D eigenvalue weighted by Crippen LogP contribution is 2.41. The Kier molecular flexibility index (Phi) is 3.16. The lowest BCUT2D eigenvalue weighted by Crippen LogP contribution is -2.33. The maximum Gasteiger partial charge on any atom is 0.323 e. The number of carbonyl (C=O) groups excluding carboxylic acids is 1. The van der Waals surface area contributed by atoms with Gasteiger partial charge in [0, 0.05) is 35.3 Å². The third-order valence-corrected chi connectivity index (χ3v) is 4.59. The summed E-state index contributed by atoms with van der Waals surface area (Å²) >= 11 is 0. The van der Waals surface area contributed by atoms with E-state index in [1.54, 1.807) is 12.1 Å². The Morgan fingerprint density at radius 1 is 1.08 bits per heavy atom. The van der Waals surface area contributed by atoms with E-state index in [0.717, 1.165) is 22.0 Å². The molecule has 1 aromatic heterocycles. The SMILES string of the molecule is Cn1cc([C@@H]2c3ccccc3C(=O)N2CC(=O)O)c2ccccc21. The number of aryl methyl sites for hydroxylation is 1. The fraction of sp³-hybridized carbons (Fsp3) is 0.158. The molecule has 5 nitrogen and oxygen atoms in total. The van der Waals surface area contributed by atoms with Gasteiger partial charge in [0.2, 0.25) is 0 Å². The summed E-state index contributed by atoms with van der Waals surface area (Å²) in [5.41, 5.74) is 3.45. The lowest BCUT2D eigenvalue weighted by molar-refractivity contribution is -0.138. The van der Waals surface area contributed by atoms with Gasteiger partial charge in [-0.15, -0.1) is 0 Å². The second kappa shape index (κ2) is 5.23. The molecule has 0 unspecified atom stereocenters. The van der Waals surface area contributed by atoms with Gasteiger partial charge in [0.25, 0.3) is 5.91 Å². The second-order valence-electron chi connectivity index (χ2n) is 6.03. The number of rotatable bonds is 3. The van der Waals surface area contributed by atoms with Gasteiger partial charge in [-0.1, -0.05) is 36.4 Å². The molecular formula is C19H16N2O3. The second-order valence-corrected chi connectivity index (χ2v) is 6.03. The van der Waals surface area contributed by atoms with E-state index in [1.165, 1.54) is 4.90 Å². The molecule has 1 N–H and O–H groups in total. The highest BCUT2D eigenvalue weighted by Gasteiger charge is 2.39. The van der Waals surface area contributed by atoms with Crippen LogP contribution >= 0.6 is 0 Å². The summed E-state index contributed by atoms with van der Waals surface area (Å²) in [7, 11) is 1.95. The lowest BCUT2D eigenvalue weighted by Gasteiger charge is -2.23. The molecule has 4 rings (SSSR count). The van der Waals surface area contributed by atoms with Crippen molar-refractivity contribution in [1.29, 1.82) is 0 Å². The van der Waals surface area contributed by atoms with Gasteiger partial charge in [-0.3, -0.25) is 9.59 Å². The van der Waals surface area contributed by atoms with E-state index >= 15 is 0 Å². The van der Waals surface area contributed by atoms with Crippen LogP contribution in [0.3, 0.4) is 0 Å². The number of benzene rings is 2. The van der Waals surface area contributed by atoms with E-state index in [1.807, 2.05) is 54.2 Å². The van der Waals surface area contributed by atoms with Crippen molar-refractivity contribution in [2.75, 3.05) is 6.54 Å². The van der Waals surface area contributed by atoms with Crippen LogP contribution in [0.5, 0.6) is 0 Å². The van der Waals surface area contributed by atoms with Crippen LogP contribution in [0.15, 0.2) is 54.7 Å². The lowest BCUT2D eigenvalue weighted by atomic mass is 9.97. The van der Waals surface area contributed by atoms with Gasteiger partial charge in [-0.05, 0) is 17.7 Å². The predicted octanol–water partition coefficient (Wildman–Crippen LogP) is 2.81. The number of nitrogens with zero attached hydrogens (tertiary/aromatic N) is 2. The maximum atomic E-state index is 12.7. The van der Waals surface area contributed by atoms with Crippen molar-refractivity contribution in [2.24, 2.45) is 7.05 Å². The van der Waals surface area contributed by atoms with Crippen LogP contribution in [-0.4, -0.2) is 33.0 Å². The van der Waals surface area contributed by atoms with E-state index in [2.05, 4.69) is 0 Å². The first-order valence-corrected chi connectivity index (χ1v) is 7.73. The zero-order chi connectivity index (χ0) is 16.8. The third-order valence-electron chi connectivity index (χ3n) is 4.59. The molecule has 24 heavy (non-hydrogen) atoms. The van der Waals surface area contributed by atoms with Crippen LogP contribution in [0.4, 0.5) is 0 Å². The third kappa shape index (κ3) is 2.01. The van der Waals surface area contributed by atoms with Crippen LogP contribution in [0.2, 0.25) is 0 Å². The number of carbonyl (C=O) groups is 2. The van der Waals surface area contributed by atoms with E-state index in [9.17, 15) is 14.7 Å². The van der Waals surface area contributed by atoms with E-state index in [4.69, 9.17) is 0 Å². The van der Waals surface area contributed by atoms with Crippen LogP contribution in [0, 0.1) is 0 Å². The number of fused-ring (bicyclic) bond motifs is 2. The molecule has 0 fully saturated rings. The molecule has 1 amide bonds. The Bertz CT molecular complexity index is 974. The number of hydrogen-bond donors (Lipinski definition) is 1. The quantitative estimate of drug-likeness (QED) is 0.807. The van der Waals surface area contributed by atoms with Gasteiger partial charge in [0.1, 0.15) is 6.54 Å². The average molecular weight is 320 g/mol. The largest absolute Gasteiger partial charge is 0.480 e. The fourth-order valence-electron chi connectivity index (χ4n) is 3.61. The van der Waals surface area contributed by atoms with E-state index in [0.29, 0.717) is 5.56 Å². The van der Waals surface area contributed by atoms with Gasteiger partial charge >= 0.3 is 5.97 Å². The smallest absolute Gasteiger partial charge is 0.323 e. The molecule has 3 aromatic rings. The molecule has 0 spiro atoms. The predicted molar refractivity (Wildman–Crippen MR) is 89.9 cm³/mol. The van der Waals surface area contributed by atoms with Crippen LogP contribution < -0.4 is 0 Å². The molecule has 2 heterocycles. The molecular weight excluding hydrogens is 304 g/mol. The first-order chi connectivity index (χ1) is 11.6. The number of carboxylic acid groups (broad SMARTS) is 1. The number of para-hydroxylation sites is 1. The number of hydrogen-bond acceptors (Lipinski definition) is 2. The minimum absolute atomic E-state index is 0.231. The Labute approximate surface area is 138 Å². The fourth-order valence-corrected chi connectivity index (χ4v) is 3.61. The number of aliphatic carboxylic acids is 1. The van der Waals surface area contributed by atoms with Crippen molar-refractivity contribution < 1.29 is 14.7 Å². The number of aromatic nitrogens is 1.